The second-order valence-electron chi connectivity index (χ2n) is 25.7. The summed E-state index contributed by atoms with van der Waals surface area (Å²) < 4.78 is 16.7. The van der Waals surface area contributed by atoms with E-state index in [1.54, 1.807) is 6.08 Å². The minimum absolute atomic E-state index is 0.0156. The number of nitrogens with one attached hydrogen (secondary N) is 1. The zero-order chi connectivity index (χ0) is 60.2. The molecule has 1 saturated heterocycles. The Kier molecular flexibility index (Phi) is 59.3. The molecule has 11 heteroatoms. The first-order chi connectivity index (χ1) is 40.7. The van der Waals surface area contributed by atoms with Crippen LogP contribution in [0.4, 0.5) is 0 Å². The standard InChI is InChI=1S/C72H139NO10/c1-3-5-7-9-11-13-14-15-16-30-34-37-40-44-48-52-56-60-68(77)81-61-57-53-49-45-41-38-35-32-29-27-25-23-21-19-17-18-20-22-24-26-28-31-33-36-39-43-47-51-55-59-67(76)73-64(65(75)58-54-50-46-42-12-10-8-6-4-2)63-82-72-71(80)70(79)69(78)66(62-74)83-72/h54,58,64-66,69-72,74-75,78-80H,3-53,55-57,59-63H2,1-2H3,(H,73,76)/b58-54+. The van der Waals surface area contributed by atoms with Crippen molar-refractivity contribution in [3.63, 3.8) is 0 Å². The van der Waals surface area contributed by atoms with E-state index in [0.717, 1.165) is 51.4 Å². The number of carbonyl (C=O) groups excluding carboxylic acids is 2. The van der Waals surface area contributed by atoms with Crippen molar-refractivity contribution in [2.45, 2.75) is 416 Å². The number of unbranched alkanes of at least 4 members (excludes halogenated alkanes) is 51. The minimum Gasteiger partial charge on any atom is -0.466 e. The Hall–Kier alpha value is -1.60. The summed E-state index contributed by atoms with van der Waals surface area (Å²) in [6.07, 6.45) is 66.6. The summed E-state index contributed by atoms with van der Waals surface area (Å²) in [6.45, 7) is 4.37. The van der Waals surface area contributed by atoms with Crippen LogP contribution < -0.4 is 5.32 Å². The van der Waals surface area contributed by atoms with E-state index in [2.05, 4.69) is 19.2 Å². The SMILES string of the molecule is CCCCCCCCC/C=C/C(O)C(COC1OC(CO)C(O)C(O)C1O)NC(=O)CCCCCCCCCCCCCCCCCCCCCCCCCCCCCCCOC(=O)CCCCCCCCCCCCCCCCCCC. The molecule has 83 heavy (non-hydrogen) atoms. The van der Waals surface area contributed by atoms with Crippen LogP contribution >= 0.6 is 0 Å². The molecule has 0 spiro atoms. The Morgan fingerprint density at radius 1 is 0.434 bits per heavy atom. The number of ether oxygens (including phenoxy) is 3. The van der Waals surface area contributed by atoms with Gasteiger partial charge in [-0.1, -0.05) is 341 Å². The van der Waals surface area contributed by atoms with Gasteiger partial charge in [0.15, 0.2) is 6.29 Å². The van der Waals surface area contributed by atoms with Gasteiger partial charge in [-0.05, 0) is 32.1 Å². The molecule has 1 amide bonds. The second-order valence-corrected chi connectivity index (χ2v) is 25.7. The third-order valence-electron chi connectivity index (χ3n) is 17.7. The van der Waals surface area contributed by atoms with Gasteiger partial charge in [0.2, 0.25) is 5.91 Å². The third-order valence-corrected chi connectivity index (χ3v) is 17.7. The lowest BCUT2D eigenvalue weighted by molar-refractivity contribution is -0.302. The predicted octanol–water partition coefficient (Wildman–Crippen LogP) is 18.6. The lowest BCUT2D eigenvalue weighted by Crippen LogP contribution is -2.60. The Morgan fingerprint density at radius 2 is 0.759 bits per heavy atom. The van der Waals surface area contributed by atoms with E-state index in [-0.39, 0.29) is 18.5 Å². The number of carbonyl (C=O) groups is 2. The second kappa shape index (κ2) is 62.0. The monoisotopic (exact) mass is 1180 g/mol. The van der Waals surface area contributed by atoms with Gasteiger partial charge in [-0.25, -0.2) is 0 Å². The highest BCUT2D eigenvalue weighted by Gasteiger charge is 2.44. The highest BCUT2D eigenvalue weighted by atomic mass is 16.7. The summed E-state index contributed by atoms with van der Waals surface area (Å²) in [7, 11) is 0. The summed E-state index contributed by atoms with van der Waals surface area (Å²) in [4.78, 5) is 25.1. The molecule has 0 bridgehead atoms. The topological polar surface area (TPSA) is 175 Å². The van der Waals surface area contributed by atoms with E-state index >= 15 is 0 Å². The molecule has 11 nitrogen and oxygen atoms in total. The van der Waals surface area contributed by atoms with Crippen LogP contribution in [0.1, 0.15) is 373 Å². The lowest BCUT2D eigenvalue weighted by Gasteiger charge is -2.40. The zero-order valence-corrected chi connectivity index (χ0v) is 54.7. The molecule has 0 saturated carbocycles. The molecular formula is C72H139NO10. The van der Waals surface area contributed by atoms with Gasteiger partial charge in [0, 0.05) is 12.8 Å². The number of esters is 1. The molecule has 0 aromatic heterocycles. The highest BCUT2D eigenvalue weighted by molar-refractivity contribution is 5.76. The Morgan fingerprint density at radius 3 is 1.12 bits per heavy atom. The number of aliphatic hydroxyl groups is 5. The number of rotatable bonds is 65. The van der Waals surface area contributed by atoms with E-state index in [0.29, 0.717) is 19.4 Å². The van der Waals surface area contributed by atoms with Crippen LogP contribution in [0.25, 0.3) is 0 Å². The maximum atomic E-state index is 13.0. The largest absolute Gasteiger partial charge is 0.466 e. The molecule has 1 aliphatic heterocycles. The van der Waals surface area contributed by atoms with Gasteiger partial charge >= 0.3 is 5.97 Å². The fraction of sp³-hybridized carbons (Fsp3) is 0.944. The maximum Gasteiger partial charge on any atom is 0.305 e. The summed E-state index contributed by atoms with van der Waals surface area (Å²) in [6, 6.07) is -0.805. The molecule has 492 valence electrons. The normalized spacial score (nSPS) is 18.1. The molecule has 1 aliphatic rings. The van der Waals surface area contributed by atoms with Crippen LogP contribution in [-0.4, -0.2) is 100 Å². The summed E-state index contributed by atoms with van der Waals surface area (Å²) >= 11 is 0. The summed E-state index contributed by atoms with van der Waals surface area (Å²) in [5.41, 5.74) is 0. The molecule has 1 heterocycles. The van der Waals surface area contributed by atoms with Crippen molar-refractivity contribution in [1.82, 2.24) is 5.32 Å². The summed E-state index contributed by atoms with van der Waals surface area (Å²) in [5, 5.41) is 54.3. The Labute approximate surface area is 512 Å². The lowest BCUT2D eigenvalue weighted by atomic mass is 9.99. The molecule has 0 aromatic carbocycles. The smallest absolute Gasteiger partial charge is 0.305 e. The summed E-state index contributed by atoms with van der Waals surface area (Å²) in [5.74, 6) is -0.162. The first kappa shape index (κ1) is 79.4. The van der Waals surface area contributed by atoms with Crippen molar-refractivity contribution in [2.75, 3.05) is 19.8 Å². The first-order valence-corrected chi connectivity index (χ1v) is 36.5. The van der Waals surface area contributed by atoms with Crippen molar-refractivity contribution in [3.8, 4) is 0 Å². The average Bonchev–Trinajstić information content (AvgIpc) is 3.65. The van der Waals surface area contributed by atoms with Crippen LogP contribution in [0.15, 0.2) is 12.2 Å². The number of hydrogen-bond donors (Lipinski definition) is 6. The van der Waals surface area contributed by atoms with Crippen LogP contribution in [0.3, 0.4) is 0 Å². The molecular weight excluding hydrogens is 1040 g/mol. The van der Waals surface area contributed by atoms with E-state index in [4.69, 9.17) is 14.2 Å². The fourth-order valence-corrected chi connectivity index (χ4v) is 11.9. The van der Waals surface area contributed by atoms with Crippen molar-refractivity contribution >= 4 is 11.9 Å². The van der Waals surface area contributed by atoms with Gasteiger partial charge in [-0.15, -0.1) is 0 Å². The van der Waals surface area contributed by atoms with Gasteiger partial charge in [-0.2, -0.15) is 0 Å². The quantitative estimate of drug-likeness (QED) is 0.0195. The molecule has 7 atom stereocenters. The van der Waals surface area contributed by atoms with Crippen LogP contribution in [0.5, 0.6) is 0 Å². The first-order valence-electron chi connectivity index (χ1n) is 36.5. The third kappa shape index (κ3) is 51.0. The molecule has 0 radical (unpaired) electrons. The fourth-order valence-electron chi connectivity index (χ4n) is 11.9. The van der Waals surface area contributed by atoms with Gasteiger partial charge in [-0.3, -0.25) is 9.59 Å². The molecule has 0 aliphatic carbocycles. The van der Waals surface area contributed by atoms with Crippen molar-refractivity contribution in [2.24, 2.45) is 0 Å². The van der Waals surface area contributed by atoms with Crippen LogP contribution in [-0.2, 0) is 23.8 Å². The van der Waals surface area contributed by atoms with E-state index in [9.17, 15) is 35.1 Å². The highest BCUT2D eigenvalue weighted by Crippen LogP contribution is 2.24. The van der Waals surface area contributed by atoms with Gasteiger partial charge < -0.3 is 45.1 Å². The predicted molar refractivity (Wildman–Crippen MR) is 348 cm³/mol. The zero-order valence-electron chi connectivity index (χ0n) is 54.7. The van der Waals surface area contributed by atoms with Crippen molar-refractivity contribution in [1.29, 1.82) is 0 Å². The van der Waals surface area contributed by atoms with Gasteiger partial charge in [0.05, 0.1) is 32.0 Å². The molecule has 6 N–H and O–H groups in total. The van der Waals surface area contributed by atoms with Gasteiger partial charge in [0.1, 0.15) is 24.4 Å². The van der Waals surface area contributed by atoms with Crippen LogP contribution in [0.2, 0.25) is 0 Å². The Bertz CT molecular complexity index is 1380. The van der Waals surface area contributed by atoms with E-state index < -0.39 is 49.5 Å². The van der Waals surface area contributed by atoms with E-state index in [1.165, 1.54) is 295 Å². The average molecular weight is 1180 g/mol. The van der Waals surface area contributed by atoms with Crippen molar-refractivity contribution in [3.05, 3.63) is 12.2 Å². The maximum absolute atomic E-state index is 13.0. The molecule has 0 aromatic rings. The number of allylic oxidation sites excluding steroid dienone is 1. The molecule has 7 unspecified atom stereocenters. The van der Waals surface area contributed by atoms with Gasteiger partial charge in [0.25, 0.3) is 0 Å². The number of amides is 1. The Balaban J connectivity index is 1.88. The van der Waals surface area contributed by atoms with E-state index in [1.807, 2.05) is 6.08 Å². The molecule has 1 rings (SSSR count). The number of aliphatic hydroxyl groups excluding tert-OH is 5. The number of hydrogen-bond acceptors (Lipinski definition) is 10. The minimum atomic E-state index is -1.57. The van der Waals surface area contributed by atoms with Crippen LogP contribution in [0, 0.1) is 0 Å². The van der Waals surface area contributed by atoms with Crippen molar-refractivity contribution < 1.29 is 49.3 Å². The molecule has 1 fully saturated rings.